The Hall–Kier alpha value is -1.49. The molecule has 1 aromatic rings. The van der Waals surface area contributed by atoms with E-state index in [4.69, 9.17) is 0 Å². The number of nitrogens with zero attached hydrogens (tertiary/aromatic N) is 3. The summed E-state index contributed by atoms with van der Waals surface area (Å²) in [5.41, 5.74) is 0.173. The molecule has 0 saturated heterocycles. The largest absolute Gasteiger partial charge is 0.384 e. The third-order valence-corrected chi connectivity index (χ3v) is 5.26. The molecular weight excluding hydrogens is 278 g/mol. The van der Waals surface area contributed by atoms with Crippen LogP contribution in [0.4, 0.5) is 5.82 Å². The summed E-state index contributed by atoms with van der Waals surface area (Å²) in [6.07, 6.45) is 11.8. The molecule has 0 unspecified atom stereocenters. The first-order chi connectivity index (χ1) is 10.4. The quantitative estimate of drug-likeness (QED) is 0.849. The van der Waals surface area contributed by atoms with Gasteiger partial charge < -0.3 is 5.11 Å². The molecule has 2 saturated carbocycles. The molecule has 2 aliphatic rings. The van der Waals surface area contributed by atoms with E-state index in [1.54, 1.807) is 31.1 Å². The standard InChI is InChI=1S/C17H25N3O2/c1-16(2,22)14-9-19-15(10-18-14)20(12-21)11-13-3-5-17(6-4-13)7-8-17/h9-10,12-13,22H,3-8,11H2,1-2H3. The van der Waals surface area contributed by atoms with Gasteiger partial charge in [0.25, 0.3) is 0 Å². The van der Waals surface area contributed by atoms with Gasteiger partial charge in [-0.05, 0) is 63.7 Å². The number of carbonyl (C=O) groups excluding carboxylic acids is 1. The van der Waals surface area contributed by atoms with E-state index in [9.17, 15) is 9.90 Å². The summed E-state index contributed by atoms with van der Waals surface area (Å²) in [6.45, 7) is 4.06. The van der Waals surface area contributed by atoms with Gasteiger partial charge in [-0.25, -0.2) is 4.98 Å². The van der Waals surface area contributed by atoms with Gasteiger partial charge in [0.2, 0.25) is 6.41 Å². The summed E-state index contributed by atoms with van der Waals surface area (Å²) < 4.78 is 0. The summed E-state index contributed by atoms with van der Waals surface area (Å²) >= 11 is 0. The van der Waals surface area contributed by atoms with Gasteiger partial charge in [-0.15, -0.1) is 0 Å². The van der Waals surface area contributed by atoms with E-state index in [-0.39, 0.29) is 0 Å². The van der Waals surface area contributed by atoms with Crippen LogP contribution in [0.2, 0.25) is 0 Å². The van der Waals surface area contributed by atoms with Gasteiger partial charge in [-0.3, -0.25) is 14.7 Å². The fourth-order valence-corrected chi connectivity index (χ4v) is 3.40. The first kappa shape index (κ1) is 15.4. The molecule has 1 amide bonds. The van der Waals surface area contributed by atoms with Crippen LogP contribution in [0.5, 0.6) is 0 Å². The predicted octanol–water partition coefficient (Wildman–Crippen LogP) is 2.64. The van der Waals surface area contributed by atoms with Crippen LogP contribution in [0.15, 0.2) is 12.4 Å². The van der Waals surface area contributed by atoms with Crippen molar-refractivity contribution in [3.63, 3.8) is 0 Å². The van der Waals surface area contributed by atoms with Crippen molar-refractivity contribution in [3.8, 4) is 0 Å². The Bertz CT molecular complexity index is 522. The Balaban J connectivity index is 1.62. The molecule has 1 N–H and O–H groups in total. The first-order valence-corrected chi connectivity index (χ1v) is 8.19. The maximum atomic E-state index is 11.4. The highest BCUT2D eigenvalue weighted by atomic mass is 16.3. The summed E-state index contributed by atoms with van der Waals surface area (Å²) in [5.74, 6) is 1.13. The lowest BCUT2D eigenvalue weighted by molar-refractivity contribution is -0.107. The van der Waals surface area contributed by atoms with Crippen LogP contribution in [0.25, 0.3) is 0 Å². The predicted molar refractivity (Wildman–Crippen MR) is 84.3 cm³/mol. The van der Waals surface area contributed by atoms with Gasteiger partial charge in [-0.1, -0.05) is 0 Å². The topological polar surface area (TPSA) is 66.3 Å². The highest BCUT2D eigenvalue weighted by Gasteiger charge is 2.44. The zero-order valence-electron chi connectivity index (χ0n) is 13.5. The van der Waals surface area contributed by atoms with Gasteiger partial charge in [-0.2, -0.15) is 0 Å². The van der Waals surface area contributed by atoms with Crippen molar-refractivity contribution in [2.45, 2.75) is 58.0 Å². The molecule has 1 heterocycles. The van der Waals surface area contributed by atoms with E-state index in [1.165, 1.54) is 38.5 Å². The van der Waals surface area contributed by atoms with Crippen molar-refractivity contribution >= 4 is 12.2 Å². The zero-order valence-corrected chi connectivity index (χ0v) is 13.5. The minimum absolute atomic E-state index is 0.510. The van der Waals surface area contributed by atoms with Crippen LogP contribution < -0.4 is 4.90 Å². The second-order valence-electron chi connectivity index (χ2n) is 7.52. The van der Waals surface area contributed by atoms with Crippen molar-refractivity contribution in [1.82, 2.24) is 9.97 Å². The average Bonchev–Trinajstić information content (AvgIpc) is 3.26. The van der Waals surface area contributed by atoms with E-state index in [0.717, 1.165) is 13.0 Å². The molecule has 1 spiro atoms. The molecule has 3 rings (SSSR count). The molecule has 5 heteroatoms. The molecule has 0 radical (unpaired) electrons. The van der Waals surface area contributed by atoms with Crippen molar-refractivity contribution in [2.24, 2.45) is 11.3 Å². The summed E-state index contributed by atoms with van der Waals surface area (Å²) in [6, 6.07) is 0. The van der Waals surface area contributed by atoms with Crippen molar-refractivity contribution in [3.05, 3.63) is 18.1 Å². The maximum absolute atomic E-state index is 11.4. The number of carbonyl (C=O) groups is 1. The summed E-state index contributed by atoms with van der Waals surface area (Å²) in [4.78, 5) is 21.6. The van der Waals surface area contributed by atoms with E-state index in [1.807, 2.05) is 0 Å². The van der Waals surface area contributed by atoms with Crippen molar-refractivity contribution in [1.29, 1.82) is 0 Å². The molecule has 0 aliphatic heterocycles. The fraction of sp³-hybridized carbons (Fsp3) is 0.706. The van der Waals surface area contributed by atoms with E-state index >= 15 is 0 Å². The number of hydrogen-bond acceptors (Lipinski definition) is 4. The number of amides is 1. The molecule has 0 atom stereocenters. The first-order valence-electron chi connectivity index (χ1n) is 8.19. The lowest BCUT2D eigenvalue weighted by atomic mass is 9.79. The minimum Gasteiger partial charge on any atom is -0.384 e. The van der Waals surface area contributed by atoms with Crippen LogP contribution >= 0.6 is 0 Å². The Kier molecular flexibility index (Phi) is 3.93. The Morgan fingerprint density at radius 2 is 1.95 bits per heavy atom. The summed E-state index contributed by atoms with van der Waals surface area (Å²) in [7, 11) is 0. The van der Waals surface area contributed by atoms with E-state index in [2.05, 4.69) is 9.97 Å². The minimum atomic E-state index is -1.01. The van der Waals surface area contributed by atoms with Crippen LogP contribution in [-0.4, -0.2) is 28.0 Å². The lowest BCUT2D eigenvalue weighted by Crippen LogP contribution is -2.31. The third kappa shape index (κ3) is 3.29. The van der Waals surface area contributed by atoms with Crippen LogP contribution in [0.3, 0.4) is 0 Å². The molecule has 120 valence electrons. The second kappa shape index (κ2) is 5.61. The van der Waals surface area contributed by atoms with Gasteiger partial charge in [0.15, 0.2) is 5.82 Å². The highest BCUT2D eigenvalue weighted by molar-refractivity contribution is 5.72. The molecular formula is C17H25N3O2. The number of rotatable bonds is 5. The van der Waals surface area contributed by atoms with Crippen molar-refractivity contribution in [2.75, 3.05) is 11.4 Å². The number of aliphatic hydroxyl groups is 1. The Labute approximate surface area is 131 Å². The molecule has 1 aromatic heterocycles. The molecule has 0 aromatic carbocycles. The van der Waals surface area contributed by atoms with Gasteiger partial charge in [0, 0.05) is 6.54 Å². The third-order valence-electron chi connectivity index (χ3n) is 5.26. The average molecular weight is 303 g/mol. The number of hydrogen-bond donors (Lipinski definition) is 1. The molecule has 5 nitrogen and oxygen atoms in total. The number of aromatic nitrogens is 2. The SMILES string of the molecule is CC(C)(O)c1cnc(N(C=O)CC2CCC3(CC2)CC3)cn1. The lowest BCUT2D eigenvalue weighted by Gasteiger charge is -2.31. The second-order valence-corrected chi connectivity index (χ2v) is 7.52. The maximum Gasteiger partial charge on any atom is 0.215 e. The molecule has 2 aliphatic carbocycles. The van der Waals surface area contributed by atoms with Crippen LogP contribution in [0, 0.1) is 11.3 Å². The van der Waals surface area contributed by atoms with Crippen LogP contribution in [0.1, 0.15) is 58.1 Å². The fourth-order valence-electron chi connectivity index (χ4n) is 3.40. The Morgan fingerprint density at radius 1 is 1.27 bits per heavy atom. The molecule has 2 fully saturated rings. The molecule has 22 heavy (non-hydrogen) atoms. The smallest absolute Gasteiger partial charge is 0.215 e. The Morgan fingerprint density at radius 3 is 2.41 bits per heavy atom. The van der Waals surface area contributed by atoms with Gasteiger partial charge in [0.1, 0.15) is 5.60 Å². The van der Waals surface area contributed by atoms with Gasteiger partial charge in [0.05, 0.1) is 18.1 Å². The van der Waals surface area contributed by atoms with Crippen LogP contribution in [-0.2, 0) is 10.4 Å². The van der Waals surface area contributed by atoms with E-state index in [0.29, 0.717) is 22.8 Å². The number of anilines is 1. The highest BCUT2D eigenvalue weighted by Crippen LogP contribution is 2.57. The van der Waals surface area contributed by atoms with Crippen molar-refractivity contribution < 1.29 is 9.90 Å². The zero-order chi connectivity index (χ0) is 15.8. The monoisotopic (exact) mass is 303 g/mol. The van der Waals surface area contributed by atoms with E-state index < -0.39 is 5.60 Å². The normalized spacial score (nSPS) is 20.9. The molecule has 0 bridgehead atoms. The van der Waals surface area contributed by atoms with Gasteiger partial charge >= 0.3 is 0 Å². The summed E-state index contributed by atoms with van der Waals surface area (Å²) in [5, 5.41) is 9.91.